The average Bonchev–Trinajstić information content (AvgIpc) is 2.29. The fourth-order valence-corrected chi connectivity index (χ4v) is 1.79. The van der Waals surface area contributed by atoms with Crippen LogP contribution < -0.4 is 0 Å². The van der Waals surface area contributed by atoms with Crippen LogP contribution in [0.25, 0.3) is 0 Å². The van der Waals surface area contributed by atoms with Gasteiger partial charge in [0.1, 0.15) is 0 Å². The number of ketones is 1. The van der Waals surface area contributed by atoms with Gasteiger partial charge in [0.25, 0.3) is 0 Å². The predicted molar refractivity (Wildman–Crippen MR) is 67.5 cm³/mol. The van der Waals surface area contributed by atoms with Gasteiger partial charge in [-0.25, -0.2) is 0 Å². The summed E-state index contributed by atoms with van der Waals surface area (Å²) in [5.74, 6) is 0.349. The first-order valence-corrected chi connectivity index (χ1v) is 5.37. The number of hydrogen-bond acceptors (Lipinski definition) is 0. The van der Waals surface area contributed by atoms with Gasteiger partial charge >= 0.3 is 5.78 Å². The number of rotatable bonds is 2. The molecular weight excluding hydrogens is 196 g/mol. The molecule has 2 aromatic carbocycles. The first-order chi connectivity index (χ1) is 7.68. The number of hydrogen-bond donors (Lipinski definition) is 0. The van der Waals surface area contributed by atoms with E-state index >= 15 is 0 Å². The minimum absolute atomic E-state index is 0.349. The van der Waals surface area contributed by atoms with Crippen LogP contribution in [0.1, 0.15) is 22.3 Å². The fourth-order valence-electron chi connectivity index (χ4n) is 1.79. The number of aryl methyl sites for hydroxylation is 2. The summed E-state index contributed by atoms with van der Waals surface area (Å²) < 4.78 is 0. The average molecular weight is 211 g/mol. The zero-order valence-corrected chi connectivity index (χ0v) is 9.57. The molecule has 0 bridgehead atoms. The van der Waals surface area contributed by atoms with Crippen LogP contribution in [0.5, 0.6) is 0 Å². The normalized spacial score (nSPS) is 10.1. The van der Waals surface area contributed by atoms with Gasteiger partial charge in [-0.3, -0.25) is 4.79 Å². The third kappa shape index (κ3) is 2.03. The standard InChI is InChI=1S/C15H14O/c1-11-6-5-8-13(10-11)15(16)14-9-4-3-7-12(14)2/h3-10H,1-2H3/p+1. The molecule has 0 saturated heterocycles. The summed E-state index contributed by atoms with van der Waals surface area (Å²) in [6.45, 7) is 4.02. The van der Waals surface area contributed by atoms with Crippen LogP contribution in [-0.2, 0) is 0 Å². The summed E-state index contributed by atoms with van der Waals surface area (Å²) in [6, 6.07) is 15.7. The Labute approximate surface area is 95.7 Å². The Morgan fingerprint density at radius 2 is 1.69 bits per heavy atom. The van der Waals surface area contributed by atoms with E-state index < -0.39 is 0 Å². The van der Waals surface area contributed by atoms with Crippen LogP contribution in [0.2, 0.25) is 0 Å². The Balaban J connectivity index is 2.44. The Kier molecular flexibility index (Phi) is 2.86. The van der Waals surface area contributed by atoms with Crippen LogP contribution in [0.4, 0.5) is 0 Å². The van der Waals surface area contributed by atoms with Gasteiger partial charge in [-0.15, -0.1) is 0 Å². The Morgan fingerprint density at radius 3 is 2.38 bits per heavy atom. The molecule has 1 nitrogen and oxygen atoms in total. The molecule has 0 amide bonds. The molecule has 0 aliphatic rings. The predicted octanol–water partition coefficient (Wildman–Crippen LogP) is 3.24. The molecule has 2 rings (SSSR count). The molecule has 1 heteroatoms. The Bertz CT molecular complexity index is 526. The lowest BCUT2D eigenvalue weighted by molar-refractivity contribution is 0.678. The van der Waals surface area contributed by atoms with Gasteiger partial charge in [-0.2, -0.15) is 0 Å². The number of benzene rings is 2. The van der Waals surface area contributed by atoms with Gasteiger partial charge in [-0.05, 0) is 37.6 Å². The first kappa shape index (κ1) is 10.6. The van der Waals surface area contributed by atoms with Crippen LogP contribution in [0.3, 0.4) is 0 Å². The molecule has 0 atom stereocenters. The second kappa shape index (κ2) is 4.31. The highest BCUT2D eigenvalue weighted by Crippen LogP contribution is 2.14. The summed E-state index contributed by atoms with van der Waals surface area (Å²) >= 11 is 0. The van der Waals surface area contributed by atoms with Crippen molar-refractivity contribution in [3.05, 3.63) is 70.8 Å². The molecule has 0 aliphatic heterocycles. The van der Waals surface area contributed by atoms with Crippen molar-refractivity contribution in [2.45, 2.75) is 13.8 Å². The minimum atomic E-state index is 0.349. The van der Waals surface area contributed by atoms with Crippen LogP contribution in [-0.4, -0.2) is 10.6 Å². The van der Waals surface area contributed by atoms with E-state index in [9.17, 15) is 4.79 Å². The highest BCUT2D eigenvalue weighted by molar-refractivity contribution is 6.10. The molecule has 0 heterocycles. The third-order valence-electron chi connectivity index (χ3n) is 2.69. The van der Waals surface area contributed by atoms with Crippen molar-refractivity contribution in [2.75, 3.05) is 0 Å². The van der Waals surface area contributed by atoms with Crippen molar-refractivity contribution in [1.29, 1.82) is 0 Å². The van der Waals surface area contributed by atoms with Crippen molar-refractivity contribution in [3.63, 3.8) is 0 Å². The summed E-state index contributed by atoms with van der Waals surface area (Å²) in [4.78, 5) is 10.2. The van der Waals surface area contributed by atoms with Crippen molar-refractivity contribution in [1.82, 2.24) is 0 Å². The topological polar surface area (TPSA) is 21.4 Å². The van der Waals surface area contributed by atoms with Gasteiger partial charge in [0.05, 0.1) is 11.1 Å². The van der Waals surface area contributed by atoms with Crippen molar-refractivity contribution in [2.24, 2.45) is 0 Å². The molecule has 2 aromatic rings. The van der Waals surface area contributed by atoms with Gasteiger partial charge in [-0.1, -0.05) is 35.9 Å². The van der Waals surface area contributed by atoms with E-state index in [2.05, 4.69) is 0 Å². The molecular formula is C15H15O+. The van der Waals surface area contributed by atoms with E-state index in [-0.39, 0.29) is 0 Å². The van der Waals surface area contributed by atoms with E-state index in [4.69, 9.17) is 0 Å². The third-order valence-corrected chi connectivity index (χ3v) is 2.69. The highest BCUT2D eigenvalue weighted by Gasteiger charge is 2.17. The van der Waals surface area contributed by atoms with Gasteiger partial charge in [0.2, 0.25) is 0 Å². The maximum Gasteiger partial charge on any atom is 0.354 e. The van der Waals surface area contributed by atoms with Gasteiger partial charge < -0.3 is 0 Å². The van der Waals surface area contributed by atoms with Crippen molar-refractivity contribution < 1.29 is 4.79 Å². The first-order valence-electron chi connectivity index (χ1n) is 5.37. The van der Waals surface area contributed by atoms with Crippen molar-refractivity contribution >= 4 is 5.78 Å². The Morgan fingerprint density at radius 1 is 0.938 bits per heavy atom. The van der Waals surface area contributed by atoms with Crippen molar-refractivity contribution in [3.8, 4) is 0 Å². The molecule has 0 saturated carbocycles. The quantitative estimate of drug-likeness (QED) is 0.537. The maximum atomic E-state index is 10.2. The maximum absolute atomic E-state index is 10.2. The fraction of sp³-hybridized carbons (Fsp3) is 0.133. The molecule has 0 aromatic heterocycles. The zero-order valence-electron chi connectivity index (χ0n) is 9.57. The lowest BCUT2D eigenvalue weighted by atomic mass is 9.98. The van der Waals surface area contributed by atoms with Gasteiger partial charge in [0.15, 0.2) is 0 Å². The molecule has 0 fully saturated rings. The second-order valence-corrected chi connectivity index (χ2v) is 4.03. The molecule has 0 aliphatic carbocycles. The molecule has 0 unspecified atom stereocenters. The smallest absolute Gasteiger partial charge is 0.273 e. The van der Waals surface area contributed by atoms with E-state index in [1.165, 1.54) is 0 Å². The largest absolute Gasteiger partial charge is 0.354 e. The SMILES string of the molecule is Cc1cccc(C(=[OH+])c2ccccc2C)c1. The monoisotopic (exact) mass is 211 g/mol. The van der Waals surface area contributed by atoms with Gasteiger partial charge in [0, 0.05) is 0 Å². The van der Waals surface area contributed by atoms with Crippen LogP contribution in [0, 0.1) is 13.8 Å². The highest BCUT2D eigenvalue weighted by atomic mass is 16.1. The van der Waals surface area contributed by atoms with E-state index in [0.717, 1.165) is 22.3 Å². The van der Waals surface area contributed by atoms with Crippen LogP contribution >= 0.6 is 0 Å². The summed E-state index contributed by atoms with van der Waals surface area (Å²) in [6.07, 6.45) is 0. The number of carbonyl (C=O) groups excluding carboxylic acids is 1. The molecule has 0 radical (unpaired) electrons. The Hall–Kier alpha value is -1.89. The summed E-state index contributed by atoms with van der Waals surface area (Å²) in [7, 11) is 0. The second-order valence-electron chi connectivity index (χ2n) is 4.03. The summed E-state index contributed by atoms with van der Waals surface area (Å²) in [5, 5.41) is 0. The lowest BCUT2D eigenvalue weighted by Crippen LogP contribution is -2.05. The molecule has 16 heavy (non-hydrogen) atoms. The van der Waals surface area contributed by atoms with Crippen LogP contribution in [0.15, 0.2) is 48.5 Å². The van der Waals surface area contributed by atoms with E-state index in [1.54, 1.807) is 0 Å². The zero-order chi connectivity index (χ0) is 11.5. The van der Waals surface area contributed by atoms with E-state index in [0.29, 0.717) is 5.78 Å². The lowest BCUT2D eigenvalue weighted by Gasteiger charge is -2.00. The minimum Gasteiger partial charge on any atom is -0.273 e. The molecule has 80 valence electrons. The van der Waals surface area contributed by atoms with E-state index in [1.807, 2.05) is 62.4 Å². The summed E-state index contributed by atoms with van der Waals surface area (Å²) in [5.41, 5.74) is 4.00. The molecule has 0 spiro atoms. The molecule has 1 N–H and O–H groups in total.